The number of nitrogens with one attached hydrogen (secondary N) is 1. The number of hydrogen-bond donors (Lipinski definition) is 1. The standard InChI is InChI=1S/C30H22F3N7O4S/c1-18-26(25-12-13-37-40(25)22-9-6-19(15-34)7-10-22)38-27(28(41)36-16-21-8-11-24(17-35-21)45(2,43)44)29(42)39(18)23-5-3-4-20(14-23)30(31,32)33/h3-14,17H,16H2,1-2H3,(H,36,41). The van der Waals surface area contributed by atoms with Crippen molar-refractivity contribution in [3.8, 4) is 28.8 Å². The van der Waals surface area contributed by atoms with Gasteiger partial charge in [0.2, 0.25) is 0 Å². The van der Waals surface area contributed by atoms with Crippen LogP contribution in [0.25, 0.3) is 22.8 Å². The molecule has 0 unspecified atom stereocenters. The molecule has 3 aromatic heterocycles. The molecule has 0 fully saturated rings. The molecule has 3 heterocycles. The summed E-state index contributed by atoms with van der Waals surface area (Å²) in [5.74, 6) is -0.944. The topological polar surface area (TPSA) is 153 Å². The third-order valence-electron chi connectivity index (χ3n) is 6.74. The van der Waals surface area contributed by atoms with Crippen LogP contribution in [0.5, 0.6) is 0 Å². The number of rotatable bonds is 7. The zero-order valence-corrected chi connectivity index (χ0v) is 24.4. The Morgan fingerprint density at radius 3 is 2.40 bits per heavy atom. The maximum atomic E-state index is 13.7. The van der Waals surface area contributed by atoms with Gasteiger partial charge in [-0.1, -0.05) is 6.07 Å². The van der Waals surface area contributed by atoms with Crippen molar-refractivity contribution in [2.75, 3.05) is 6.26 Å². The normalized spacial score (nSPS) is 11.6. The number of carbonyl (C=O) groups excluding carboxylic acids is 1. The Morgan fingerprint density at radius 1 is 1.04 bits per heavy atom. The molecule has 2 aromatic carbocycles. The van der Waals surface area contributed by atoms with Gasteiger partial charge in [-0.2, -0.15) is 23.5 Å². The van der Waals surface area contributed by atoms with Gasteiger partial charge in [0, 0.05) is 18.1 Å². The van der Waals surface area contributed by atoms with Gasteiger partial charge in [-0.15, -0.1) is 0 Å². The fraction of sp³-hybridized carbons (Fsp3) is 0.133. The molecule has 11 nitrogen and oxygen atoms in total. The molecule has 0 aliphatic carbocycles. The van der Waals surface area contributed by atoms with Crippen LogP contribution in [0.2, 0.25) is 0 Å². The summed E-state index contributed by atoms with van der Waals surface area (Å²) in [6.45, 7) is 1.27. The number of nitrogens with zero attached hydrogens (tertiary/aromatic N) is 6. The van der Waals surface area contributed by atoms with Crippen molar-refractivity contribution < 1.29 is 26.4 Å². The van der Waals surface area contributed by atoms with Crippen molar-refractivity contribution in [1.29, 1.82) is 5.26 Å². The predicted octanol–water partition coefficient (Wildman–Crippen LogP) is 4.01. The van der Waals surface area contributed by atoms with Gasteiger partial charge in [0.15, 0.2) is 15.5 Å². The Hall–Kier alpha value is -5.62. The molecule has 228 valence electrons. The minimum atomic E-state index is -4.70. The van der Waals surface area contributed by atoms with Gasteiger partial charge in [0.05, 0.1) is 57.6 Å². The highest BCUT2D eigenvalue weighted by atomic mass is 32.2. The highest BCUT2D eigenvalue weighted by molar-refractivity contribution is 7.90. The predicted molar refractivity (Wildman–Crippen MR) is 155 cm³/mol. The lowest BCUT2D eigenvalue weighted by Crippen LogP contribution is -2.35. The zero-order chi connectivity index (χ0) is 32.5. The minimum Gasteiger partial charge on any atom is -0.345 e. The average Bonchev–Trinajstić information content (AvgIpc) is 3.49. The third kappa shape index (κ3) is 6.36. The van der Waals surface area contributed by atoms with Crippen LogP contribution >= 0.6 is 0 Å². The van der Waals surface area contributed by atoms with Gasteiger partial charge in [-0.05, 0) is 67.6 Å². The highest BCUT2D eigenvalue weighted by Crippen LogP contribution is 2.31. The molecule has 15 heteroatoms. The molecule has 5 aromatic rings. The maximum absolute atomic E-state index is 13.7. The molecule has 0 spiro atoms. The number of amides is 1. The molecule has 1 amide bonds. The van der Waals surface area contributed by atoms with Crippen molar-refractivity contribution in [3.63, 3.8) is 0 Å². The molecule has 1 N–H and O–H groups in total. The Balaban J connectivity index is 1.63. The Kier molecular flexibility index (Phi) is 8.09. The SMILES string of the molecule is Cc1c(-c2ccnn2-c2ccc(C#N)cc2)nc(C(=O)NCc2ccc(S(C)(=O)=O)cn2)c(=O)n1-c1cccc(C(F)(F)F)c1. The summed E-state index contributed by atoms with van der Waals surface area (Å²) in [4.78, 5) is 35.5. The fourth-order valence-electron chi connectivity index (χ4n) is 4.48. The zero-order valence-electron chi connectivity index (χ0n) is 23.6. The van der Waals surface area contributed by atoms with E-state index >= 15 is 0 Å². The molecular weight excluding hydrogens is 611 g/mol. The van der Waals surface area contributed by atoms with Gasteiger partial charge >= 0.3 is 6.18 Å². The first-order valence-electron chi connectivity index (χ1n) is 13.1. The first kappa shape index (κ1) is 30.8. The summed E-state index contributed by atoms with van der Waals surface area (Å²) in [7, 11) is -3.50. The van der Waals surface area contributed by atoms with Crippen molar-refractivity contribution in [2.24, 2.45) is 0 Å². The van der Waals surface area contributed by atoms with Crippen molar-refractivity contribution in [2.45, 2.75) is 24.5 Å². The van der Waals surface area contributed by atoms with Gasteiger partial charge in [-0.25, -0.2) is 18.1 Å². The van der Waals surface area contributed by atoms with E-state index in [-0.39, 0.29) is 34.2 Å². The number of benzene rings is 2. The van der Waals surface area contributed by atoms with Gasteiger partial charge < -0.3 is 5.32 Å². The summed E-state index contributed by atoms with van der Waals surface area (Å²) < 4.78 is 66.7. The van der Waals surface area contributed by atoms with E-state index in [1.165, 1.54) is 36.0 Å². The van der Waals surface area contributed by atoms with E-state index in [0.29, 0.717) is 16.9 Å². The lowest BCUT2D eigenvalue weighted by Gasteiger charge is -2.18. The van der Waals surface area contributed by atoms with E-state index in [1.807, 2.05) is 6.07 Å². The van der Waals surface area contributed by atoms with E-state index in [0.717, 1.165) is 35.2 Å². The number of sulfone groups is 1. The molecule has 0 atom stereocenters. The number of aromatic nitrogens is 5. The van der Waals surface area contributed by atoms with E-state index in [1.54, 1.807) is 30.3 Å². The second kappa shape index (κ2) is 11.8. The summed E-state index contributed by atoms with van der Waals surface area (Å²) in [5, 5.41) is 16.0. The number of carbonyl (C=O) groups is 1. The summed E-state index contributed by atoms with van der Waals surface area (Å²) >= 11 is 0. The smallest absolute Gasteiger partial charge is 0.345 e. The van der Waals surface area contributed by atoms with Crippen LogP contribution in [0.1, 0.15) is 33.0 Å². The van der Waals surface area contributed by atoms with E-state index in [4.69, 9.17) is 5.26 Å². The van der Waals surface area contributed by atoms with Crippen molar-refractivity contribution in [1.82, 2.24) is 29.6 Å². The molecule has 0 aliphatic rings. The Morgan fingerprint density at radius 2 is 1.78 bits per heavy atom. The summed E-state index contributed by atoms with van der Waals surface area (Å²) in [6, 6.07) is 16.8. The Bertz CT molecular complexity index is 2130. The molecular formula is C30H22F3N7O4S. The third-order valence-corrected chi connectivity index (χ3v) is 7.83. The van der Waals surface area contributed by atoms with Crippen molar-refractivity contribution >= 4 is 15.7 Å². The molecule has 0 radical (unpaired) electrons. The van der Waals surface area contributed by atoms with Gasteiger partial charge in [0.1, 0.15) is 5.69 Å². The number of pyridine rings is 1. The molecule has 0 bridgehead atoms. The molecule has 0 saturated carbocycles. The Labute approximate surface area is 254 Å². The second-order valence-corrected chi connectivity index (χ2v) is 11.8. The summed E-state index contributed by atoms with van der Waals surface area (Å²) in [6.07, 6.45) is -1.10. The van der Waals surface area contributed by atoms with Crippen molar-refractivity contribution in [3.05, 3.63) is 118 Å². The first-order valence-corrected chi connectivity index (χ1v) is 15.0. The molecule has 0 saturated heterocycles. The van der Waals surface area contributed by atoms with Crippen LogP contribution < -0.4 is 10.9 Å². The van der Waals surface area contributed by atoms with Crippen LogP contribution in [0.4, 0.5) is 13.2 Å². The average molecular weight is 634 g/mol. The lowest BCUT2D eigenvalue weighted by molar-refractivity contribution is -0.137. The quantitative estimate of drug-likeness (QED) is 0.282. The molecule has 45 heavy (non-hydrogen) atoms. The first-order chi connectivity index (χ1) is 21.3. The lowest BCUT2D eigenvalue weighted by atomic mass is 10.1. The monoisotopic (exact) mass is 633 g/mol. The molecule has 0 aliphatic heterocycles. The van der Waals surface area contributed by atoms with Crippen LogP contribution in [0.3, 0.4) is 0 Å². The van der Waals surface area contributed by atoms with E-state index in [2.05, 4.69) is 20.4 Å². The van der Waals surface area contributed by atoms with E-state index < -0.39 is 38.7 Å². The largest absolute Gasteiger partial charge is 0.416 e. The summed E-state index contributed by atoms with van der Waals surface area (Å²) in [5.41, 5.74) is -1.02. The number of halogens is 3. The van der Waals surface area contributed by atoms with Gasteiger partial charge in [-0.3, -0.25) is 19.1 Å². The minimum absolute atomic E-state index is 0.0229. The van der Waals surface area contributed by atoms with E-state index in [9.17, 15) is 31.2 Å². The van der Waals surface area contributed by atoms with Crippen LogP contribution in [-0.2, 0) is 22.6 Å². The number of alkyl halides is 3. The van der Waals surface area contributed by atoms with Crippen LogP contribution in [0, 0.1) is 18.3 Å². The number of nitriles is 1. The fourth-order valence-corrected chi connectivity index (χ4v) is 5.04. The van der Waals surface area contributed by atoms with Gasteiger partial charge in [0.25, 0.3) is 11.5 Å². The highest BCUT2D eigenvalue weighted by Gasteiger charge is 2.31. The second-order valence-electron chi connectivity index (χ2n) is 9.81. The number of hydrogen-bond acceptors (Lipinski definition) is 8. The van der Waals surface area contributed by atoms with Crippen LogP contribution in [-0.4, -0.2) is 44.9 Å². The maximum Gasteiger partial charge on any atom is 0.416 e. The van der Waals surface area contributed by atoms with Crippen LogP contribution in [0.15, 0.2) is 88.8 Å². The molecule has 5 rings (SSSR count).